The quantitative estimate of drug-likeness (QED) is 0.863. The number of likely N-dealkylation sites (tertiary alicyclic amines) is 1. The molecule has 1 saturated heterocycles. The molecule has 6 nitrogen and oxygen atoms in total. The third-order valence-electron chi connectivity index (χ3n) is 4.05. The van der Waals surface area contributed by atoms with Crippen molar-refractivity contribution in [3.8, 4) is 0 Å². The van der Waals surface area contributed by atoms with Crippen LogP contribution in [0.15, 0.2) is 29.2 Å². The molecule has 3 rings (SSSR count). The minimum Gasteiger partial charge on any atom is -0.330 e. The number of fused-ring (bicyclic) bond motifs is 1. The van der Waals surface area contributed by atoms with Gasteiger partial charge in [-0.15, -0.1) is 5.10 Å². The van der Waals surface area contributed by atoms with Gasteiger partial charge in [-0.3, -0.25) is 4.40 Å². The Labute approximate surface area is 117 Å². The first kappa shape index (κ1) is 13.3. The van der Waals surface area contributed by atoms with Gasteiger partial charge in [0.15, 0.2) is 5.65 Å². The maximum absolute atomic E-state index is 12.1. The van der Waals surface area contributed by atoms with Crippen molar-refractivity contribution in [1.82, 2.24) is 19.1 Å². The highest BCUT2D eigenvalue weighted by Crippen LogP contribution is 2.14. The number of hydrogen-bond donors (Lipinski definition) is 1. The zero-order chi connectivity index (χ0) is 13.9. The van der Waals surface area contributed by atoms with Crippen LogP contribution in [0, 0.1) is 5.92 Å². The van der Waals surface area contributed by atoms with Gasteiger partial charge in [-0.25, -0.2) is 9.48 Å². The highest BCUT2D eigenvalue weighted by Gasteiger charge is 2.18. The molecule has 3 heterocycles. The first-order valence-corrected chi connectivity index (χ1v) is 7.24. The highest BCUT2D eigenvalue weighted by molar-refractivity contribution is 5.35. The first-order chi connectivity index (χ1) is 9.78. The molecule has 0 aliphatic carbocycles. The van der Waals surface area contributed by atoms with Crippen LogP contribution in [-0.2, 0) is 6.54 Å². The minimum absolute atomic E-state index is 0.0621. The Bertz CT molecular complexity index is 632. The van der Waals surface area contributed by atoms with Gasteiger partial charge in [0, 0.05) is 19.3 Å². The number of pyridine rings is 1. The molecule has 6 heteroatoms. The van der Waals surface area contributed by atoms with E-state index in [2.05, 4.69) is 10.00 Å². The Hall–Kier alpha value is -1.66. The molecule has 2 aromatic heterocycles. The lowest BCUT2D eigenvalue weighted by atomic mass is 9.98. The van der Waals surface area contributed by atoms with Crippen molar-refractivity contribution in [1.29, 1.82) is 0 Å². The fourth-order valence-corrected chi connectivity index (χ4v) is 2.90. The van der Waals surface area contributed by atoms with E-state index < -0.39 is 0 Å². The summed E-state index contributed by atoms with van der Waals surface area (Å²) < 4.78 is 3.14. The maximum Gasteiger partial charge on any atom is 0.350 e. The Balaban J connectivity index is 1.68. The van der Waals surface area contributed by atoms with Crippen LogP contribution in [0.4, 0.5) is 0 Å². The molecule has 0 amide bonds. The standard InChI is InChI=1S/C14H21N5O/c15-10-12-4-3-6-17(11-12)8-9-19-14(20)18-7-2-1-5-13(18)16-19/h1-2,5,7,12H,3-4,6,8-11,15H2. The molecule has 0 bridgehead atoms. The van der Waals surface area contributed by atoms with Crippen LogP contribution in [0.2, 0.25) is 0 Å². The number of nitrogens with two attached hydrogens (primary N) is 1. The van der Waals surface area contributed by atoms with Crippen molar-refractivity contribution in [3.05, 3.63) is 34.9 Å². The van der Waals surface area contributed by atoms with Crippen LogP contribution >= 0.6 is 0 Å². The molecule has 1 aliphatic heterocycles. The van der Waals surface area contributed by atoms with Gasteiger partial charge in [0.1, 0.15) is 0 Å². The number of aromatic nitrogens is 3. The van der Waals surface area contributed by atoms with E-state index in [-0.39, 0.29) is 5.69 Å². The lowest BCUT2D eigenvalue weighted by Gasteiger charge is -2.31. The average molecular weight is 275 g/mol. The molecule has 0 aromatic carbocycles. The second-order valence-electron chi connectivity index (χ2n) is 5.48. The smallest absolute Gasteiger partial charge is 0.330 e. The molecule has 1 aliphatic rings. The van der Waals surface area contributed by atoms with Gasteiger partial charge in [-0.05, 0) is 44.0 Å². The zero-order valence-electron chi connectivity index (χ0n) is 11.6. The van der Waals surface area contributed by atoms with Gasteiger partial charge in [-0.1, -0.05) is 6.07 Å². The summed E-state index contributed by atoms with van der Waals surface area (Å²) in [7, 11) is 0. The first-order valence-electron chi connectivity index (χ1n) is 7.24. The van der Waals surface area contributed by atoms with Gasteiger partial charge in [0.25, 0.3) is 0 Å². The molecule has 1 fully saturated rings. The lowest BCUT2D eigenvalue weighted by molar-refractivity contribution is 0.170. The zero-order valence-corrected chi connectivity index (χ0v) is 11.6. The highest BCUT2D eigenvalue weighted by atomic mass is 16.2. The monoisotopic (exact) mass is 275 g/mol. The summed E-state index contributed by atoms with van der Waals surface area (Å²) in [5.74, 6) is 0.599. The van der Waals surface area contributed by atoms with Crippen molar-refractivity contribution < 1.29 is 0 Å². The van der Waals surface area contributed by atoms with Gasteiger partial charge >= 0.3 is 5.69 Å². The van der Waals surface area contributed by atoms with E-state index in [0.29, 0.717) is 18.1 Å². The summed E-state index contributed by atoms with van der Waals surface area (Å²) >= 11 is 0. The molecule has 1 unspecified atom stereocenters. The molecule has 0 radical (unpaired) electrons. The topological polar surface area (TPSA) is 68.6 Å². The van der Waals surface area contributed by atoms with E-state index in [1.807, 2.05) is 18.2 Å². The largest absolute Gasteiger partial charge is 0.350 e. The number of hydrogen-bond acceptors (Lipinski definition) is 4. The third-order valence-corrected chi connectivity index (χ3v) is 4.05. The van der Waals surface area contributed by atoms with Crippen molar-refractivity contribution in [3.63, 3.8) is 0 Å². The van der Waals surface area contributed by atoms with Crippen LogP contribution < -0.4 is 11.4 Å². The normalized spacial score (nSPS) is 20.6. The van der Waals surface area contributed by atoms with Gasteiger partial charge in [-0.2, -0.15) is 0 Å². The molecular weight excluding hydrogens is 254 g/mol. The molecule has 0 spiro atoms. The van der Waals surface area contributed by atoms with Crippen molar-refractivity contribution >= 4 is 5.65 Å². The summed E-state index contributed by atoms with van der Waals surface area (Å²) in [6, 6.07) is 5.59. The van der Waals surface area contributed by atoms with E-state index >= 15 is 0 Å². The fourth-order valence-electron chi connectivity index (χ4n) is 2.90. The minimum atomic E-state index is -0.0621. The van der Waals surface area contributed by atoms with Gasteiger partial charge in [0.05, 0.1) is 6.54 Å². The van der Waals surface area contributed by atoms with E-state index in [4.69, 9.17) is 5.73 Å². The van der Waals surface area contributed by atoms with E-state index in [1.54, 1.807) is 15.3 Å². The summed E-state index contributed by atoms with van der Waals surface area (Å²) in [5.41, 5.74) is 6.39. The van der Waals surface area contributed by atoms with E-state index in [9.17, 15) is 4.79 Å². The van der Waals surface area contributed by atoms with Crippen LogP contribution in [-0.4, -0.2) is 45.3 Å². The summed E-state index contributed by atoms with van der Waals surface area (Å²) in [6.45, 7) is 4.39. The molecule has 1 atom stereocenters. The van der Waals surface area contributed by atoms with Gasteiger partial charge < -0.3 is 10.6 Å². The second kappa shape index (κ2) is 5.76. The van der Waals surface area contributed by atoms with E-state index in [0.717, 1.165) is 26.2 Å². The second-order valence-corrected chi connectivity index (χ2v) is 5.48. The summed E-state index contributed by atoms with van der Waals surface area (Å²) in [6.07, 6.45) is 4.18. The molecule has 20 heavy (non-hydrogen) atoms. The molecular formula is C14H21N5O. The summed E-state index contributed by atoms with van der Waals surface area (Å²) in [4.78, 5) is 14.5. The molecule has 108 valence electrons. The van der Waals surface area contributed by atoms with Crippen LogP contribution in [0.3, 0.4) is 0 Å². The predicted molar refractivity (Wildman–Crippen MR) is 77.7 cm³/mol. The van der Waals surface area contributed by atoms with Crippen LogP contribution in [0.1, 0.15) is 12.8 Å². The Morgan fingerprint density at radius 1 is 1.35 bits per heavy atom. The summed E-state index contributed by atoms with van der Waals surface area (Å²) in [5, 5.41) is 4.35. The Kier molecular flexibility index (Phi) is 3.84. The third kappa shape index (κ3) is 2.62. The number of nitrogens with zero attached hydrogens (tertiary/aromatic N) is 4. The SMILES string of the molecule is NCC1CCCN(CCn2nc3ccccn3c2=O)C1. The van der Waals surface area contributed by atoms with Gasteiger partial charge in [0.2, 0.25) is 0 Å². The van der Waals surface area contributed by atoms with Crippen molar-refractivity contribution in [2.75, 3.05) is 26.2 Å². The predicted octanol–water partition coefficient (Wildman–Crippen LogP) is 0.167. The number of piperidine rings is 1. The Morgan fingerprint density at radius 2 is 2.25 bits per heavy atom. The fraction of sp³-hybridized carbons (Fsp3) is 0.571. The average Bonchev–Trinajstić information content (AvgIpc) is 2.82. The van der Waals surface area contributed by atoms with Crippen molar-refractivity contribution in [2.24, 2.45) is 11.7 Å². The Morgan fingerprint density at radius 3 is 3.05 bits per heavy atom. The molecule has 2 N–H and O–H groups in total. The van der Waals surface area contributed by atoms with Crippen molar-refractivity contribution in [2.45, 2.75) is 19.4 Å². The number of rotatable bonds is 4. The molecule has 2 aromatic rings. The van der Waals surface area contributed by atoms with Crippen LogP contribution in [0.5, 0.6) is 0 Å². The maximum atomic E-state index is 12.1. The van der Waals surface area contributed by atoms with E-state index in [1.165, 1.54) is 12.8 Å². The van der Waals surface area contributed by atoms with Crippen LogP contribution in [0.25, 0.3) is 5.65 Å². The lowest BCUT2D eigenvalue weighted by Crippen LogP contribution is -2.40. The molecule has 0 saturated carbocycles.